The fourth-order valence-corrected chi connectivity index (χ4v) is 3.53. The molecular formula is C15H23NO4. The molecule has 1 aliphatic carbocycles. The third-order valence-corrected chi connectivity index (χ3v) is 4.56. The molecule has 2 amide bonds. The molecule has 112 valence electrons. The van der Waals surface area contributed by atoms with Gasteiger partial charge in [0.1, 0.15) is 0 Å². The summed E-state index contributed by atoms with van der Waals surface area (Å²) < 4.78 is 0. The van der Waals surface area contributed by atoms with Crippen molar-refractivity contribution in [3.8, 4) is 0 Å². The molecule has 5 nitrogen and oxygen atoms in total. The Balaban J connectivity index is 2.10. The van der Waals surface area contributed by atoms with Gasteiger partial charge in [-0.15, -0.1) is 0 Å². The number of carboxylic acids is 1. The molecule has 0 aromatic heterocycles. The summed E-state index contributed by atoms with van der Waals surface area (Å²) in [6, 6.07) is 0. The molecule has 1 N–H and O–H groups in total. The molecule has 0 radical (unpaired) electrons. The van der Waals surface area contributed by atoms with Crippen LogP contribution in [0.1, 0.15) is 52.4 Å². The Morgan fingerprint density at radius 2 is 1.90 bits per heavy atom. The molecule has 1 spiro atoms. The second-order valence-corrected chi connectivity index (χ2v) is 6.64. The minimum absolute atomic E-state index is 0.0347. The number of nitrogens with zero attached hydrogens (tertiary/aromatic N) is 1. The van der Waals surface area contributed by atoms with Crippen molar-refractivity contribution in [2.24, 2.45) is 17.3 Å². The maximum Gasteiger partial charge on any atom is 0.308 e. The van der Waals surface area contributed by atoms with Gasteiger partial charge in [-0.1, -0.05) is 26.7 Å². The van der Waals surface area contributed by atoms with Gasteiger partial charge in [-0.25, -0.2) is 0 Å². The first-order valence-corrected chi connectivity index (χ1v) is 7.43. The topological polar surface area (TPSA) is 74.7 Å². The van der Waals surface area contributed by atoms with Crippen LogP contribution in [0.3, 0.4) is 0 Å². The van der Waals surface area contributed by atoms with Gasteiger partial charge in [0.05, 0.1) is 11.3 Å². The van der Waals surface area contributed by atoms with E-state index in [-0.39, 0.29) is 30.7 Å². The molecule has 1 aliphatic heterocycles. The summed E-state index contributed by atoms with van der Waals surface area (Å²) in [5, 5.41) is 9.26. The fourth-order valence-electron chi connectivity index (χ4n) is 3.53. The molecule has 2 aliphatic rings. The minimum atomic E-state index is -0.924. The number of imide groups is 1. The van der Waals surface area contributed by atoms with E-state index in [9.17, 15) is 19.5 Å². The van der Waals surface area contributed by atoms with Crippen LogP contribution in [-0.4, -0.2) is 34.3 Å². The molecule has 5 heteroatoms. The third-order valence-electron chi connectivity index (χ3n) is 4.56. The van der Waals surface area contributed by atoms with E-state index < -0.39 is 17.3 Å². The fraction of sp³-hybridized carbons (Fsp3) is 0.800. The first kappa shape index (κ1) is 15.0. The third kappa shape index (κ3) is 2.72. The van der Waals surface area contributed by atoms with E-state index in [0.29, 0.717) is 6.42 Å². The highest BCUT2D eigenvalue weighted by Gasteiger charge is 2.53. The van der Waals surface area contributed by atoms with E-state index in [4.69, 9.17) is 0 Å². The maximum absolute atomic E-state index is 12.5. The monoisotopic (exact) mass is 281 g/mol. The summed E-state index contributed by atoms with van der Waals surface area (Å²) >= 11 is 0. The molecule has 2 rings (SSSR count). The molecule has 1 saturated carbocycles. The second-order valence-electron chi connectivity index (χ2n) is 6.64. The van der Waals surface area contributed by atoms with Crippen molar-refractivity contribution in [3.05, 3.63) is 0 Å². The van der Waals surface area contributed by atoms with Crippen molar-refractivity contribution in [3.63, 3.8) is 0 Å². The van der Waals surface area contributed by atoms with Crippen LogP contribution < -0.4 is 0 Å². The number of likely N-dealkylation sites (tertiary alicyclic amines) is 1. The largest absolute Gasteiger partial charge is 0.481 e. The SMILES string of the molecule is CC(C)CC(CN1C(=O)CC2(CCCC2)C1=O)C(=O)O. The standard InChI is InChI=1S/C15H23NO4/c1-10(2)7-11(13(18)19)9-16-12(17)8-15(14(16)20)5-3-4-6-15/h10-11H,3-9H2,1-2H3,(H,18,19). The molecule has 2 fully saturated rings. The van der Waals surface area contributed by atoms with Crippen molar-refractivity contribution < 1.29 is 19.5 Å². The van der Waals surface area contributed by atoms with Crippen LogP contribution in [0.25, 0.3) is 0 Å². The second kappa shape index (κ2) is 5.54. The van der Waals surface area contributed by atoms with Crippen LogP contribution >= 0.6 is 0 Å². The Kier molecular flexibility index (Phi) is 4.16. The van der Waals surface area contributed by atoms with Crippen molar-refractivity contribution in [2.75, 3.05) is 6.54 Å². The van der Waals surface area contributed by atoms with Gasteiger partial charge in [0, 0.05) is 13.0 Å². The lowest BCUT2D eigenvalue weighted by molar-refractivity contribution is -0.147. The van der Waals surface area contributed by atoms with Crippen LogP contribution in [0.5, 0.6) is 0 Å². The van der Waals surface area contributed by atoms with E-state index in [1.54, 1.807) is 0 Å². The molecule has 1 atom stereocenters. The first-order valence-electron chi connectivity index (χ1n) is 7.43. The van der Waals surface area contributed by atoms with Gasteiger partial charge in [0.2, 0.25) is 11.8 Å². The molecule has 1 saturated heterocycles. The van der Waals surface area contributed by atoms with Gasteiger partial charge >= 0.3 is 5.97 Å². The van der Waals surface area contributed by atoms with E-state index in [0.717, 1.165) is 25.7 Å². The van der Waals surface area contributed by atoms with Gasteiger partial charge in [0.25, 0.3) is 0 Å². The average molecular weight is 281 g/mol. The summed E-state index contributed by atoms with van der Waals surface area (Å²) in [7, 11) is 0. The molecule has 1 unspecified atom stereocenters. The van der Waals surface area contributed by atoms with Crippen LogP contribution in [0, 0.1) is 17.3 Å². The Morgan fingerprint density at radius 3 is 2.40 bits per heavy atom. The van der Waals surface area contributed by atoms with E-state index in [1.165, 1.54) is 4.90 Å². The first-order chi connectivity index (χ1) is 9.35. The Bertz CT molecular complexity index is 424. The minimum Gasteiger partial charge on any atom is -0.481 e. The average Bonchev–Trinajstić information content (AvgIpc) is 2.89. The summed E-state index contributed by atoms with van der Waals surface area (Å²) in [6.07, 6.45) is 4.29. The van der Waals surface area contributed by atoms with Gasteiger partial charge in [0.15, 0.2) is 0 Å². The number of aliphatic carboxylic acids is 1. The number of carbonyl (C=O) groups is 3. The van der Waals surface area contributed by atoms with Gasteiger partial charge in [-0.05, 0) is 25.2 Å². The summed E-state index contributed by atoms with van der Waals surface area (Å²) in [6.45, 7) is 3.93. The number of hydrogen-bond acceptors (Lipinski definition) is 3. The maximum atomic E-state index is 12.5. The van der Waals surface area contributed by atoms with Gasteiger partial charge in [-0.3, -0.25) is 19.3 Å². The zero-order valence-electron chi connectivity index (χ0n) is 12.2. The quantitative estimate of drug-likeness (QED) is 0.783. The Hall–Kier alpha value is -1.39. The number of carboxylic acid groups (broad SMARTS) is 1. The molecule has 0 aromatic rings. The van der Waals surface area contributed by atoms with Crippen molar-refractivity contribution in [1.82, 2.24) is 4.90 Å². The summed E-state index contributed by atoms with van der Waals surface area (Å²) in [5.74, 6) is -1.67. The smallest absolute Gasteiger partial charge is 0.308 e. The molecule has 1 heterocycles. The number of carbonyl (C=O) groups excluding carboxylic acids is 2. The number of rotatable bonds is 5. The summed E-state index contributed by atoms with van der Waals surface area (Å²) in [4.78, 5) is 37.1. The molecule has 0 aromatic carbocycles. The highest BCUT2D eigenvalue weighted by atomic mass is 16.4. The van der Waals surface area contributed by atoms with E-state index >= 15 is 0 Å². The molecule has 20 heavy (non-hydrogen) atoms. The number of hydrogen-bond donors (Lipinski definition) is 1. The van der Waals surface area contributed by atoms with Crippen molar-refractivity contribution in [2.45, 2.75) is 52.4 Å². The van der Waals surface area contributed by atoms with Crippen LogP contribution in [0.2, 0.25) is 0 Å². The summed E-state index contributed by atoms with van der Waals surface area (Å²) in [5.41, 5.74) is -0.502. The zero-order chi connectivity index (χ0) is 14.9. The van der Waals surface area contributed by atoms with Crippen LogP contribution in [0.4, 0.5) is 0 Å². The lowest BCUT2D eigenvalue weighted by Gasteiger charge is -2.24. The number of amides is 2. The van der Waals surface area contributed by atoms with Crippen LogP contribution in [-0.2, 0) is 14.4 Å². The normalized spacial score (nSPS) is 23.1. The van der Waals surface area contributed by atoms with E-state index in [2.05, 4.69) is 0 Å². The molecule has 0 bridgehead atoms. The lowest BCUT2D eigenvalue weighted by atomic mass is 9.84. The van der Waals surface area contributed by atoms with Gasteiger partial charge < -0.3 is 5.11 Å². The predicted octanol–water partition coefficient (Wildman–Crippen LogP) is 2.05. The molecular weight excluding hydrogens is 258 g/mol. The highest BCUT2D eigenvalue weighted by Crippen LogP contribution is 2.47. The van der Waals surface area contributed by atoms with Crippen molar-refractivity contribution in [1.29, 1.82) is 0 Å². The Morgan fingerprint density at radius 1 is 1.30 bits per heavy atom. The Labute approximate surface area is 119 Å². The van der Waals surface area contributed by atoms with Crippen LogP contribution in [0.15, 0.2) is 0 Å². The lowest BCUT2D eigenvalue weighted by Crippen LogP contribution is -2.40. The zero-order valence-corrected chi connectivity index (χ0v) is 12.2. The highest BCUT2D eigenvalue weighted by molar-refractivity contribution is 6.06. The predicted molar refractivity (Wildman–Crippen MR) is 72.8 cm³/mol. The van der Waals surface area contributed by atoms with Gasteiger partial charge in [-0.2, -0.15) is 0 Å². The van der Waals surface area contributed by atoms with Crippen molar-refractivity contribution >= 4 is 17.8 Å². The van der Waals surface area contributed by atoms with E-state index in [1.807, 2.05) is 13.8 Å².